The van der Waals surface area contributed by atoms with E-state index < -0.39 is 0 Å². The summed E-state index contributed by atoms with van der Waals surface area (Å²) in [5, 5.41) is 22.5. The van der Waals surface area contributed by atoms with Gasteiger partial charge < -0.3 is 5.32 Å². The summed E-state index contributed by atoms with van der Waals surface area (Å²) in [6.07, 6.45) is 4.40. The zero-order chi connectivity index (χ0) is 21.8. The molecule has 3 aromatic rings. The highest BCUT2D eigenvalue weighted by Gasteiger charge is 2.26. The first-order valence-electron chi connectivity index (χ1n) is 9.89. The molecular weight excluding hydrogens is 453 g/mol. The minimum absolute atomic E-state index is 0.130. The lowest BCUT2D eigenvalue weighted by atomic mass is 10.2. The summed E-state index contributed by atoms with van der Waals surface area (Å²) in [4.78, 5) is 12.6. The summed E-state index contributed by atoms with van der Waals surface area (Å²) >= 11 is 13.7. The van der Waals surface area contributed by atoms with Gasteiger partial charge in [0.15, 0.2) is 11.0 Å². The van der Waals surface area contributed by atoms with Crippen LogP contribution < -0.4 is 5.32 Å². The lowest BCUT2D eigenvalue weighted by molar-refractivity contribution is -0.113. The number of halogens is 2. The van der Waals surface area contributed by atoms with E-state index in [9.17, 15) is 10.1 Å². The van der Waals surface area contributed by atoms with Crippen molar-refractivity contribution in [3.05, 3.63) is 58.1 Å². The number of nitrogens with one attached hydrogen (secondary N) is 1. The second-order valence-corrected chi connectivity index (χ2v) is 9.02. The van der Waals surface area contributed by atoms with Crippen LogP contribution in [0, 0.1) is 11.3 Å². The molecule has 1 heterocycles. The first kappa shape index (κ1) is 21.7. The van der Waals surface area contributed by atoms with Gasteiger partial charge in [-0.15, -0.1) is 10.2 Å². The molecule has 1 aromatic heterocycles. The Balaban J connectivity index is 1.55. The molecule has 0 radical (unpaired) electrons. The Morgan fingerprint density at radius 1 is 1.19 bits per heavy atom. The van der Waals surface area contributed by atoms with Crippen molar-refractivity contribution in [2.45, 2.75) is 36.9 Å². The molecule has 31 heavy (non-hydrogen) atoms. The first-order valence-corrected chi connectivity index (χ1v) is 11.6. The van der Waals surface area contributed by atoms with Crippen LogP contribution in [0.15, 0.2) is 47.6 Å². The first-order chi connectivity index (χ1) is 15.1. The molecule has 4 rings (SSSR count). The van der Waals surface area contributed by atoms with Crippen LogP contribution in [-0.2, 0) is 4.79 Å². The predicted molar refractivity (Wildman–Crippen MR) is 123 cm³/mol. The van der Waals surface area contributed by atoms with E-state index in [1.165, 1.54) is 11.8 Å². The number of nitriles is 1. The van der Waals surface area contributed by atoms with Crippen LogP contribution in [0.3, 0.4) is 0 Å². The summed E-state index contributed by atoms with van der Waals surface area (Å²) in [7, 11) is 0. The van der Waals surface area contributed by atoms with Gasteiger partial charge >= 0.3 is 0 Å². The third kappa shape index (κ3) is 4.87. The van der Waals surface area contributed by atoms with E-state index in [1.807, 2.05) is 24.3 Å². The Morgan fingerprint density at radius 3 is 2.71 bits per heavy atom. The third-order valence-electron chi connectivity index (χ3n) is 5.18. The van der Waals surface area contributed by atoms with Crippen molar-refractivity contribution in [1.29, 1.82) is 5.26 Å². The number of nitrogens with zero attached hydrogens (tertiary/aromatic N) is 4. The van der Waals surface area contributed by atoms with Crippen molar-refractivity contribution >= 4 is 46.6 Å². The molecule has 6 nitrogen and oxygen atoms in total. The summed E-state index contributed by atoms with van der Waals surface area (Å²) in [6, 6.07) is 14.7. The maximum atomic E-state index is 12.6. The molecule has 1 saturated carbocycles. The number of amides is 1. The van der Waals surface area contributed by atoms with Crippen molar-refractivity contribution in [3.8, 4) is 17.5 Å². The molecule has 1 fully saturated rings. The molecule has 1 aliphatic rings. The number of thioether (sulfide) groups is 1. The van der Waals surface area contributed by atoms with Gasteiger partial charge in [-0.05, 0) is 43.2 Å². The molecular formula is C22H19Cl2N5OS. The number of carbonyl (C=O) groups excluding carboxylic acids is 1. The molecule has 158 valence electrons. The molecule has 0 saturated heterocycles. The Labute approximate surface area is 194 Å². The highest BCUT2D eigenvalue weighted by Crippen LogP contribution is 2.38. The second kappa shape index (κ2) is 9.73. The average Bonchev–Trinajstić information content (AvgIpc) is 3.42. The molecule has 2 aromatic carbocycles. The number of hydrogen-bond acceptors (Lipinski definition) is 5. The fraction of sp³-hybridized carbons (Fsp3) is 0.273. The Morgan fingerprint density at radius 2 is 1.97 bits per heavy atom. The van der Waals surface area contributed by atoms with Crippen LogP contribution in [0.2, 0.25) is 10.0 Å². The highest BCUT2D eigenvalue weighted by molar-refractivity contribution is 7.99. The van der Waals surface area contributed by atoms with Gasteiger partial charge in [0.05, 0.1) is 22.0 Å². The maximum absolute atomic E-state index is 12.6. The zero-order valence-corrected chi connectivity index (χ0v) is 18.8. The van der Waals surface area contributed by atoms with Crippen molar-refractivity contribution in [1.82, 2.24) is 14.8 Å². The largest absolute Gasteiger partial charge is 0.324 e. The van der Waals surface area contributed by atoms with Gasteiger partial charge in [0.1, 0.15) is 6.07 Å². The van der Waals surface area contributed by atoms with Crippen molar-refractivity contribution < 1.29 is 4.79 Å². The van der Waals surface area contributed by atoms with Crippen LogP contribution in [0.1, 0.15) is 37.3 Å². The molecule has 0 aliphatic heterocycles. The number of hydrogen-bond donors (Lipinski definition) is 1. The van der Waals surface area contributed by atoms with Gasteiger partial charge in [-0.1, -0.05) is 59.9 Å². The maximum Gasteiger partial charge on any atom is 0.234 e. The molecule has 1 aliphatic carbocycles. The summed E-state index contributed by atoms with van der Waals surface area (Å²) in [6.45, 7) is 0. The minimum Gasteiger partial charge on any atom is -0.324 e. The molecule has 0 spiro atoms. The van der Waals surface area contributed by atoms with E-state index in [0.717, 1.165) is 37.1 Å². The molecule has 0 atom stereocenters. The monoisotopic (exact) mass is 471 g/mol. The second-order valence-electron chi connectivity index (χ2n) is 7.23. The number of benzene rings is 2. The molecule has 1 amide bonds. The van der Waals surface area contributed by atoms with Crippen LogP contribution >= 0.6 is 35.0 Å². The summed E-state index contributed by atoms with van der Waals surface area (Å²) in [5.41, 5.74) is 1.59. The molecule has 0 unspecified atom stereocenters. The lowest BCUT2D eigenvalue weighted by Crippen LogP contribution is -2.16. The molecule has 1 N–H and O–H groups in total. The normalized spacial score (nSPS) is 13.8. The predicted octanol–water partition coefficient (Wildman–Crippen LogP) is 5.97. The average molecular weight is 472 g/mol. The lowest BCUT2D eigenvalue weighted by Gasteiger charge is -2.17. The highest BCUT2D eigenvalue weighted by atomic mass is 35.5. The van der Waals surface area contributed by atoms with Crippen molar-refractivity contribution in [3.63, 3.8) is 0 Å². The van der Waals surface area contributed by atoms with E-state index in [1.54, 1.807) is 18.2 Å². The SMILES string of the molecule is N#Cc1ccc(Cl)cc1NC(=O)CSc1nnc(-c2ccccc2Cl)n1C1CCCC1. The molecule has 0 bridgehead atoms. The van der Waals surface area contributed by atoms with E-state index in [-0.39, 0.29) is 17.7 Å². The number of aromatic nitrogens is 3. The summed E-state index contributed by atoms with van der Waals surface area (Å²) in [5.74, 6) is 0.608. The molecule has 9 heteroatoms. The Kier molecular flexibility index (Phi) is 6.81. The Hall–Kier alpha value is -2.53. The van der Waals surface area contributed by atoms with Crippen LogP contribution in [0.5, 0.6) is 0 Å². The Bertz CT molecular complexity index is 1150. The van der Waals surface area contributed by atoms with Gasteiger partial charge in [0.2, 0.25) is 5.91 Å². The van der Waals surface area contributed by atoms with E-state index >= 15 is 0 Å². The van der Waals surface area contributed by atoms with E-state index in [0.29, 0.717) is 26.5 Å². The van der Waals surface area contributed by atoms with Gasteiger partial charge in [-0.3, -0.25) is 9.36 Å². The van der Waals surface area contributed by atoms with Gasteiger partial charge in [-0.2, -0.15) is 5.26 Å². The number of rotatable bonds is 6. The fourth-order valence-corrected chi connectivity index (χ4v) is 4.92. The summed E-state index contributed by atoms with van der Waals surface area (Å²) < 4.78 is 2.12. The third-order valence-corrected chi connectivity index (χ3v) is 6.69. The zero-order valence-electron chi connectivity index (χ0n) is 16.5. The van der Waals surface area contributed by atoms with E-state index in [2.05, 4.69) is 26.2 Å². The van der Waals surface area contributed by atoms with Crippen molar-refractivity contribution in [2.24, 2.45) is 0 Å². The topological polar surface area (TPSA) is 83.6 Å². The smallest absolute Gasteiger partial charge is 0.234 e. The minimum atomic E-state index is -0.246. The standard InChI is InChI=1S/C22H19Cl2N5OS/c23-15-10-9-14(12-25)19(11-15)26-20(30)13-31-22-28-27-21(17-7-3-4-8-18(17)24)29(22)16-5-1-2-6-16/h3-4,7-11,16H,1-2,5-6,13H2,(H,26,30). The van der Waals surface area contributed by atoms with Gasteiger partial charge in [-0.25, -0.2) is 0 Å². The van der Waals surface area contributed by atoms with Gasteiger partial charge in [0.25, 0.3) is 0 Å². The van der Waals surface area contributed by atoms with Crippen LogP contribution in [0.25, 0.3) is 11.4 Å². The van der Waals surface area contributed by atoms with Crippen molar-refractivity contribution in [2.75, 3.05) is 11.1 Å². The number of carbonyl (C=O) groups is 1. The number of anilines is 1. The van der Waals surface area contributed by atoms with Crippen LogP contribution in [-0.4, -0.2) is 26.4 Å². The van der Waals surface area contributed by atoms with E-state index in [4.69, 9.17) is 23.2 Å². The fourth-order valence-electron chi connectivity index (χ4n) is 3.73. The quantitative estimate of drug-likeness (QED) is 0.447. The van der Waals surface area contributed by atoms with Crippen LogP contribution in [0.4, 0.5) is 5.69 Å². The van der Waals surface area contributed by atoms with Gasteiger partial charge in [0, 0.05) is 16.6 Å².